The molecule has 3 heteroatoms. The quantitative estimate of drug-likeness (QED) is 0.689. The molecule has 3 nitrogen and oxygen atoms in total. The molecule has 0 aromatic carbocycles. The maximum Gasteiger partial charge on any atom is 0.181 e. The summed E-state index contributed by atoms with van der Waals surface area (Å²) >= 11 is 0. The van der Waals surface area contributed by atoms with Gasteiger partial charge in [0.2, 0.25) is 0 Å². The molecule has 0 saturated heterocycles. The number of aromatic nitrogens is 1. The lowest BCUT2D eigenvalue weighted by Gasteiger charge is -2.04. The number of aliphatic hydroxyl groups is 1. The summed E-state index contributed by atoms with van der Waals surface area (Å²) < 4.78 is 1.98. The Morgan fingerprint density at radius 3 is 2.46 bits per heavy atom. The molecular weight excluding hydrogens is 166 g/mol. The van der Waals surface area contributed by atoms with Crippen molar-refractivity contribution in [2.45, 2.75) is 25.8 Å². The minimum Gasteiger partial charge on any atom is -0.396 e. The molecule has 0 saturated carbocycles. The molecule has 0 amide bonds. The van der Waals surface area contributed by atoms with E-state index in [9.17, 15) is 4.79 Å². The highest BCUT2D eigenvalue weighted by molar-refractivity contribution is 4.93. The summed E-state index contributed by atoms with van der Waals surface area (Å²) in [5.41, 5.74) is 0.0478. The van der Waals surface area contributed by atoms with E-state index in [-0.39, 0.29) is 12.0 Å². The number of aliphatic hydroxyl groups excluding tert-OH is 1. The molecule has 1 rings (SSSR count). The lowest BCUT2D eigenvalue weighted by atomic mass is 10.2. The SMILES string of the molecule is O=c1ccn(CCCCCO)cc1. The first-order valence-corrected chi connectivity index (χ1v) is 4.60. The Balaban J connectivity index is 2.29. The first-order chi connectivity index (χ1) is 6.33. The summed E-state index contributed by atoms with van der Waals surface area (Å²) in [4.78, 5) is 10.8. The van der Waals surface area contributed by atoms with Crippen LogP contribution in [0.1, 0.15) is 19.3 Å². The first-order valence-electron chi connectivity index (χ1n) is 4.60. The van der Waals surface area contributed by atoms with Crippen LogP contribution in [0, 0.1) is 0 Å². The van der Waals surface area contributed by atoms with Crippen LogP contribution in [0.15, 0.2) is 29.3 Å². The molecule has 0 radical (unpaired) electrons. The molecule has 0 unspecified atom stereocenters. The minimum absolute atomic E-state index is 0.0478. The second-order valence-electron chi connectivity index (χ2n) is 3.06. The lowest BCUT2D eigenvalue weighted by molar-refractivity contribution is 0.282. The van der Waals surface area contributed by atoms with Gasteiger partial charge in [0, 0.05) is 37.7 Å². The van der Waals surface area contributed by atoms with Crippen LogP contribution >= 0.6 is 0 Å². The Morgan fingerprint density at radius 1 is 1.15 bits per heavy atom. The average molecular weight is 181 g/mol. The van der Waals surface area contributed by atoms with Crippen LogP contribution in [0.2, 0.25) is 0 Å². The Morgan fingerprint density at radius 2 is 1.85 bits per heavy atom. The van der Waals surface area contributed by atoms with Crippen molar-refractivity contribution in [3.8, 4) is 0 Å². The highest BCUT2D eigenvalue weighted by Crippen LogP contribution is 1.97. The third kappa shape index (κ3) is 3.90. The summed E-state index contributed by atoms with van der Waals surface area (Å²) in [5, 5.41) is 8.55. The fourth-order valence-corrected chi connectivity index (χ4v) is 1.18. The molecule has 1 heterocycles. The van der Waals surface area contributed by atoms with Gasteiger partial charge in [-0.15, -0.1) is 0 Å². The van der Waals surface area contributed by atoms with Crippen molar-refractivity contribution in [1.82, 2.24) is 4.57 Å². The maximum atomic E-state index is 10.8. The van der Waals surface area contributed by atoms with E-state index < -0.39 is 0 Å². The molecule has 0 aliphatic carbocycles. The van der Waals surface area contributed by atoms with Gasteiger partial charge in [0.1, 0.15) is 0 Å². The molecular formula is C10H15NO2. The van der Waals surface area contributed by atoms with Gasteiger partial charge in [-0.1, -0.05) is 0 Å². The van der Waals surface area contributed by atoms with Crippen LogP contribution < -0.4 is 5.43 Å². The summed E-state index contributed by atoms with van der Waals surface area (Å²) in [7, 11) is 0. The topological polar surface area (TPSA) is 42.2 Å². The Kier molecular flexibility index (Phi) is 4.26. The molecule has 0 spiro atoms. The van der Waals surface area contributed by atoms with E-state index in [2.05, 4.69) is 0 Å². The predicted molar refractivity (Wildman–Crippen MR) is 51.6 cm³/mol. The van der Waals surface area contributed by atoms with Gasteiger partial charge in [-0.2, -0.15) is 0 Å². The molecule has 1 aromatic heterocycles. The highest BCUT2D eigenvalue weighted by atomic mass is 16.2. The molecule has 1 aromatic rings. The van der Waals surface area contributed by atoms with Crippen molar-refractivity contribution in [3.63, 3.8) is 0 Å². The number of nitrogens with zero attached hydrogens (tertiary/aromatic N) is 1. The van der Waals surface area contributed by atoms with Crippen molar-refractivity contribution in [3.05, 3.63) is 34.7 Å². The molecule has 0 atom stereocenters. The summed E-state index contributed by atoms with van der Waals surface area (Å²) in [6.07, 6.45) is 6.52. The zero-order chi connectivity index (χ0) is 9.52. The fraction of sp³-hybridized carbons (Fsp3) is 0.500. The third-order valence-electron chi connectivity index (χ3n) is 1.93. The van der Waals surface area contributed by atoms with Crippen LogP contribution in [-0.2, 0) is 6.54 Å². The van der Waals surface area contributed by atoms with Crippen molar-refractivity contribution >= 4 is 0 Å². The van der Waals surface area contributed by atoms with E-state index in [4.69, 9.17) is 5.11 Å². The zero-order valence-electron chi connectivity index (χ0n) is 7.65. The van der Waals surface area contributed by atoms with Gasteiger partial charge < -0.3 is 9.67 Å². The maximum absolute atomic E-state index is 10.8. The molecule has 0 bridgehead atoms. The van der Waals surface area contributed by atoms with E-state index in [1.54, 1.807) is 24.5 Å². The van der Waals surface area contributed by atoms with Gasteiger partial charge in [-0.3, -0.25) is 4.79 Å². The zero-order valence-corrected chi connectivity index (χ0v) is 7.65. The summed E-state index contributed by atoms with van der Waals surface area (Å²) in [5.74, 6) is 0. The van der Waals surface area contributed by atoms with Crippen LogP contribution in [0.25, 0.3) is 0 Å². The first kappa shape index (κ1) is 9.99. The second-order valence-corrected chi connectivity index (χ2v) is 3.06. The Hall–Kier alpha value is -1.09. The summed E-state index contributed by atoms with van der Waals surface area (Å²) in [6.45, 7) is 1.18. The van der Waals surface area contributed by atoms with Crippen molar-refractivity contribution in [1.29, 1.82) is 0 Å². The predicted octanol–water partition coefficient (Wildman–Crippen LogP) is 1.01. The highest BCUT2D eigenvalue weighted by Gasteiger charge is 1.90. The monoisotopic (exact) mass is 181 g/mol. The molecule has 0 aliphatic heterocycles. The number of hydrogen-bond donors (Lipinski definition) is 1. The van der Waals surface area contributed by atoms with Gasteiger partial charge in [0.25, 0.3) is 0 Å². The van der Waals surface area contributed by atoms with Gasteiger partial charge in [0.05, 0.1) is 0 Å². The van der Waals surface area contributed by atoms with E-state index in [1.807, 2.05) is 4.57 Å². The second kappa shape index (κ2) is 5.54. The van der Waals surface area contributed by atoms with Crippen molar-refractivity contribution in [2.24, 2.45) is 0 Å². The van der Waals surface area contributed by atoms with Gasteiger partial charge >= 0.3 is 0 Å². The number of hydrogen-bond acceptors (Lipinski definition) is 2. The lowest BCUT2D eigenvalue weighted by Crippen LogP contribution is -2.03. The van der Waals surface area contributed by atoms with Crippen LogP contribution in [0.3, 0.4) is 0 Å². The van der Waals surface area contributed by atoms with E-state index in [0.29, 0.717) is 0 Å². The largest absolute Gasteiger partial charge is 0.396 e. The molecule has 0 aliphatic rings. The van der Waals surface area contributed by atoms with Gasteiger partial charge in [-0.05, 0) is 19.3 Å². The van der Waals surface area contributed by atoms with Crippen LogP contribution in [0.5, 0.6) is 0 Å². The molecule has 72 valence electrons. The van der Waals surface area contributed by atoms with Crippen LogP contribution in [0.4, 0.5) is 0 Å². The van der Waals surface area contributed by atoms with Crippen LogP contribution in [-0.4, -0.2) is 16.3 Å². The third-order valence-corrected chi connectivity index (χ3v) is 1.93. The smallest absolute Gasteiger partial charge is 0.181 e. The van der Waals surface area contributed by atoms with Crippen molar-refractivity contribution < 1.29 is 5.11 Å². The Bertz CT molecular complexity index is 273. The number of unbranched alkanes of at least 4 members (excludes halogenated alkanes) is 2. The average Bonchev–Trinajstić information content (AvgIpc) is 2.15. The van der Waals surface area contributed by atoms with Gasteiger partial charge in [0.15, 0.2) is 5.43 Å². The fourth-order valence-electron chi connectivity index (χ4n) is 1.18. The number of pyridine rings is 1. The van der Waals surface area contributed by atoms with E-state index in [0.717, 1.165) is 25.8 Å². The molecule has 13 heavy (non-hydrogen) atoms. The molecule has 1 N–H and O–H groups in total. The number of aryl methyl sites for hydroxylation is 1. The Labute approximate surface area is 77.6 Å². The standard InChI is InChI=1S/C10H15NO2/c12-9-3-1-2-6-11-7-4-10(13)5-8-11/h4-5,7-8,12H,1-3,6,9H2. The van der Waals surface area contributed by atoms with E-state index >= 15 is 0 Å². The molecule has 0 fully saturated rings. The minimum atomic E-state index is 0.0478. The van der Waals surface area contributed by atoms with E-state index in [1.165, 1.54) is 0 Å². The van der Waals surface area contributed by atoms with Gasteiger partial charge in [-0.25, -0.2) is 0 Å². The number of rotatable bonds is 5. The summed E-state index contributed by atoms with van der Waals surface area (Å²) in [6, 6.07) is 3.12. The van der Waals surface area contributed by atoms with Crippen molar-refractivity contribution in [2.75, 3.05) is 6.61 Å². The normalized spacial score (nSPS) is 10.2.